The first kappa shape index (κ1) is 22.4. The zero-order valence-electron chi connectivity index (χ0n) is 12.3. The van der Waals surface area contributed by atoms with Crippen molar-refractivity contribution in [3.8, 4) is 6.07 Å². The Bertz CT molecular complexity index is 643. The van der Waals surface area contributed by atoms with E-state index < -0.39 is 10.0 Å². The number of hydrogen-bond donors (Lipinski definition) is 2. The number of hydrogen-bond acceptors (Lipinski definition) is 5. The summed E-state index contributed by atoms with van der Waals surface area (Å²) in [5.41, 5.74) is 0.261. The lowest BCUT2D eigenvalue weighted by Crippen LogP contribution is -2.46. The van der Waals surface area contributed by atoms with Gasteiger partial charge >= 0.3 is 0 Å². The smallest absolute Gasteiger partial charge is 0.240 e. The summed E-state index contributed by atoms with van der Waals surface area (Å²) in [4.78, 5) is 2.27. The number of benzene rings is 1. The summed E-state index contributed by atoms with van der Waals surface area (Å²) in [6, 6.07) is 6.00. The molecule has 10 heteroatoms. The molecule has 130 valence electrons. The first-order chi connectivity index (χ1) is 10.0. The van der Waals surface area contributed by atoms with Crippen molar-refractivity contribution in [1.29, 1.82) is 5.26 Å². The van der Waals surface area contributed by atoms with Crippen LogP contribution in [-0.4, -0.2) is 52.6 Å². The maximum atomic E-state index is 12.1. The second-order valence-corrected chi connectivity index (χ2v) is 6.92. The predicted molar refractivity (Wildman–Crippen MR) is 95.2 cm³/mol. The molecule has 0 bridgehead atoms. The summed E-state index contributed by atoms with van der Waals surface area (Å²) in [7, 11) is -3.59. The Morgan fingerprint density at radius 2 is 1.96 bits per heavy atom. The van der Waals surface area contributed by atoms with Crippen LogP contribution in [0.5, 0.6) is 0 Å². The average molecular weight is 402 g/mol. The quantitative estimate of drug-likeness (QED) is 0.775. The summed E-state index contributed by atoms with van der Waals surface area (Å²) in [6.45, 7) is 4.72. The maximum Gasteiger partial charge on any atom is 0.240 e. The number of rotatable bonds is 5. The fourth-order valence-corrected chi connectivity index (χ4v) is 3.44. The molecule has 0 atom stereocenters. The van der Waals surface area contributed by atoms with Crippen LogP contribution in [0.25, 0.3) is 0 Å². The third-order valence-corrected chi connectivity index (χ3v) is 5.07. The molecule has 1 heterocycles. The van der Waals surface area contributed by atoms with Crippen LogP contribution in [-0.2, 0) is 10.0 Å². The lowest BCUT2D eigenvalue weighted by atomic mass is 10.2. The molecule has 0 saturated carbocycles. The van der Waals surface area contributed by atoms with Gasteiger partial charge in [-0.15, -0.1) is 24.8 Å². The first-order valence-corrected chi connectivity index (χ1v) is 8.51. The van der Waals surface area contributed by atoms with E-state index in [1.54, 1.807) is 0 Å². The van der Waals surface area contributed by atoms with Gasteiger partial charge < -0.3 is 5.32 Å². The normalized spacial score (nSPS) is 15.1. The third-order valence-electron chi connectivity index (χ3n) is 3.30. The van der Waals surface area contributed by atoms with Crippen molar-refractivity contribution in [3.63, 3.8) is 0 Å². The summed E-state index contributed by atoms with van der Waals surface area (Å²) < 4.78 is 26.8. The van der Waals surface area contributed by atoms with E-state index in [4.69, 9.17) is 16.9 Å². The number of nitriles is 1. The average Bonchev–Trinajstić information content (AvgIpc) is 2.48. The van der Waals surface area contributed by atoms with Crippen LogP contribution >= 0.6 is 36.4 Å². The van der Waals surface area contributed by atoms with Gasteiger partial charge in [-0.2, -0.15) is 5.26 Å². The fourth-order valence-electron chi connectivity index (χ4n) is 2.11. The molecule has 0 aliphatic carbocycles. The van der Waals surface area contributed by atoms with Crippen molar-refractivity contribution >= 4 is 46.4 Å². The maximum absolute atomic E-state index is 12.1. The van der Waals surface area contributed by atoms with Gasteiger partial charge in [-0.05, 0) is 18.2 Å². The van der Waals surface area contributed by atoms with Crippen molar-refractivity contribution < 1.29 is 8.42 Å². The largest absolute Gasteiger partial charge is 0.314 e. The van der Waals surface area contributed by atoms with E-state index in [-0.39, 0.29) is 40.3 Å². The van der Waals surface area contributed by atoms with Gasteiger partial charge in [0.25, 0.3) is 0 Å². The zero-order chi connectivity index (χ0) is 15.3. The number of sulfonamides is 1. The molecule has 1 aliphatic rings. The second-order valence-electron chi connectivity index (χ2n) is 4.74. The van der Waals surface area contributed by atoms with Crippen LogP contribution in [0, 0.1) is 11.3 Å². The summed E-state index contributed by atoms with van der Waals surface area (Å²) in [5.74, 6) is 0. The Morgan fingerprint density at radius 1 is 1.30 bits per heavy atom. The van der Waals surface area contributed by atoms with Crippen LogP contribution in [0.2, 0.25) is 5.02 Å². The molecular weight excluding hydrogens is 383 g/mol. The van der Waals surface area contributed by atoms with Crippen LogP contribution < -0.4 is 10.0 Å². The van der Waals surface area contributed by atoms with E-state index in [9.17, 15) is 8.42 Å². The minimum atomic E-state index is -3.59. The van der Waals surface area contributed by atoms with E-state index in [0.29, 0.717) is 13.1 Å². The Morgan fingerprint density at radius 3 is 2.52 bits per heavy atom. The Hall–Kier alpha value is -0.590. The lowest BCUT2D eigenvalue weighted by Gasteiger charge is -2.27. The fraction of sp³-hybridized carbons (Fsp3) is 0.462. The third kappa shape index (κ3) is 6.43. The van der Waals surface area contributed by atoms with Crippen LogP contribution in [0.4, 0.5) is 0 Å². The van der Waals surface area contributed by atoms with Gasteiger partial charge in [0.1, 0.15) is 6.07 Å². The summed E-state index contributed by atoms with van der Waals surface area (Å²) in [6.07, 6.45) is 0. The topological polar surface area (TPSA) is 85.2 Å². The molecule has 0 aromatic heterocycles. The second kappa shape index (κ2) is 10.3. The van der Waals surface area contributed by atoms with E-state index >= 15 is 0 Å². The number of nitrogens with one attached hydrogen (secondary N) is 2. The molecule has 0 unspecified atom stereocenters. The zero-order valence-corrected chi connectivity index (χ0v) is 15.5. The molecule has 1 aromatic rings. The van der Waals surface area contributed by atoms with Gasteiger partial charge in [0, 0.05) is 39.3 Å². The summed E-state index contributed by atoms with van der Waals surface area (Å²) >= 11 is 5.86. The van der Waals surface area contributed by atoms with E-state index in [1.807, 2.05) is 6.07 Å². The predicted octanol–water partition coefficient (Wildman–Crippen LogP) is 1.24. The highest BCUT2D eigenvalue weighted by molar-refractivity contribution is 7.89. The van der Waals surface area contributed by atoms with E-state index in [1.165, 1.54) is 18.2 Å². The monoisotopic (exact) mass is 400 g/mol. The molecule has 0 spiro atoms. The van der Waals surface area contributed by atoms with Gasteiger partial charge in [-0.3, -0.25) is 4.90 Å². The van der Waals surface area contributed by atoms with Crippen LogP contribution in [0.3, 0.4) is 0 Å². The van der Waals surface area contributed by atoms with Crippen molar-refractivity contribution in [2.75, 3.05) is 39.3 Å². The molecule has 1 aliphatic heterocycles. The molecule has 2 rings (SSSR count). The molecule has 1 aromatic carbocycles. The summed E-state index contributed by atoms with van der Waals surface area (Å²) in [5, 5.41) is 12.2. The Labute approximate surface area is 154 Å². The Kier molecular flexibility index (Phi) is 10.0. The van der Waals surface area contributed by atoms with Crippen molar-refractivity contribution in [2.45, 2.75) is 4.90 Å². The van der Waals surface area contributed by atoms with Gasteiger partial charge in [-0.1, -0.05) is 11.6 Å². The van der Waals surface area contributed by atoms with E-state index in [2.05, 4.69) is 14.9 Å². The van der Waals surface area contributed by atoms with Crippen molar-refractivity contribution in [2.24, 2.45) is 0 Å². The van der Waals surface area contributed by atoms with Crippen LogP contribution in [0.15, 0.2) is 23.1 Å². The molecule has 23 heavy (non-hydrogen) atoms. The Balaban J connectivity index is 0.00000242. The minimum absolute atomic E-state index is 0. The minimum Gasteiger partial charge on any atom is -0.314 e. The number of piperazine rings is 1. The lowest BCUT2D eigenvalue weighted by molar-refractivity contribution is 0.245. The standard InChI is InChI=1S/C13H17ClN4O2S.2ClH/c14-13-9-12(2-1-11(13)10-15)21(19,20)17-5-8-18-6-3-16-4-7-18;;/h1-2,9,16-17H,3-8H2;2*1H. The van der Waals surface area contributed by atoms with E-state index in [0.717, 1.165) is 26.2 Å². The highest BCUT2D eigenvalue weighted by Crippen LogP contribution is 2.19. The molecule has 6 nitrogen and oxygen atoms in total. The van der Waals surface area contributed by atoms with Gasteiger partial charge in [0.05, 0.1) is 15.5 Å². The first-order valence-electron chi connectivity index (χ1n) is 6.65. The molecule has 2 N–H and O–H groups in total. The molecular formula is C13H19Cl3N4O2S. The van der Waals surface area contributed by atoms with Gasteiger partial charge in [-0.25, -0.2) is 13.1 Å². The number of halogens is 3. The van der Waals surface area contributed by atoms with Crippen LogP contribution in [0.1, 0.15) is 5.56 Å². The molecule has 0 amide bonds. The molecule has 1 saturated heterocycles. The number of nitrogens with zero attached hydrogens (tertiary/aromatic N) is 2. The van der Waals surface area contributed by atoms with Crippen molar-refractivity contribution in [1.82, 2.24) is 14.9 Å². The molecule has 1 fully saturated rings. The molecule has 0 radical (unpaired) electrons. The highest BCUT2D eigenvalue weighted by atomic mass is 35.5. The SMILES string of the molecule is Cl.Cl.N#Cc1ccc(S(=O)(=O)NCCN2CCNCC2)cc1Cl. The highest BCUT2D eigenvalue weighted by Gasteiger charge is 2.16. The van der Waals surface area contributed by atoms with Crippen molar-refractivity contribution in [3.05, 3.63) is 28.8 Å². The van der Waals surface area contributed by atoms with Gasteiger partial charge in [0.2, 0.25) is 10.0 Å². The van der Waals surface area contributed by atoms with Gasteiger partial charge in [0.15, 0.2) is 0 Å².